The van der Waals surface area contributed by atoms with Gasteiger partial charge in [-0.05, 0) is 31.1 Å². The molecular weight excluding hydrogens is 168 g/mol. The zero-order chi connectivity index (χ0) is 7.97. The summed E-state index contributed by atoms with van der Waals surface area (Å²) in [4.78, 5) is 4.24. The summed E-state index contributed by atoms with van der Waals surface area (Å²) in [5.41, 5.74) is 0. The average Bonchev–Trinajstić information content (AvgIpc) is 2.54. The predicted octanol–water partition coefficient (Wildman–Crippen LogP) is 2.35. The third-order valence-corrected chi connectivity index (χ3v) is 3.79. The number of rotatable bonds is 2. The molecule has 64 valence electrons. The summed E-state index contributed by atoms with van der Waals surface area (Å²) in [5, 5.41) is 6.65. The van der Waals surface area contributed by atoms with E-state index in [1.165, 1.54) is 19.3 Å². The summed E-state index contributed by atoms with van der Waals surface area (Å²) >= 11 is 1.71. The van der Waals surface area contributed by atoms with Crippen LogP contribution in [0.2, 0.25) is 0 Å². The van der Waals surface area contributed by atoms with E-state index in [-0.39, 0.29) is 0 Å². The first-order valence-corrected chi connectivity index (χ1v) is 5.47. The molecule has 3 atom stereocenters. The number of nitrogens with zero attached hydrogens (tertiary/aromatic N) is 1. The van der Waals surface area contributed by atoms with E-state index in [4.69, 9.17) is 0 Å². The Balaban J connectivity index is 1.68. The lowest BCUT2D eigenvalue weighted by Crippen LogP contribution is -2.18. The maximum atomic E-state index is 4.24. The van der Waals surface area contributed by atoms with E-state index in [2.05, 4.69) is 10.3 Å². The molecule has 2 aliphatic carbocycles. The van der Waals surface area contributed by atoms with Gasteiger partial charge in [-0.3, -0.25) is 0 Å². The lowest BCUT2D eigenvalue weighted by Gasteiger charge is -2.12. The van der Waals surface area contributed by atoms with Gasteiger partial charge in [-0.15, -0.1) is 11.3 Å². The third kappa shape index (κ3) is 1.04. The van der Waals surface area contributed by atoms with Crippen molar-refractivity contribution in [3.63, 3.8) is 0 Å². The third-order valence-electron chi connectivity index (χ3n) is 3.08. The predicted molar refractivity (Wildman–Crippen MR) is 50.4 cm³/mol. The number of anilines is 1. The van der Waals surface area contributed by atoms with Crippen LogP contribution in [-0.2, 0) is 0 Å². The van der Waals surface area contributed by atoms with Crippen LogP contribution < -0.4 is 5.32 Å². The molecule has 2 fully saturated rings. The molecule has 0 amide bonds. The van der Waals surface area contributed by atoms with Crippen molar-refractivity contribution in [2.24, 2.45) is 11.8 Å². The number of thiazole rings is 1. The molecule has 0 bridgehead atoms. The van der Waals surface area contributed by atoms with E-state index in [9.17, 15) is 0 Å². The Labute approximate surface area is 76.0 Å². The first-order chi connectivity index (χ1) is 5.93. The van der Waals surface area contributed by atoms with Crippen molar-refractivity contribution in [1.82, 2.24) is 4.98 Å². The van der Waals surface area contributed by atoms with Crippen LogP contribution in [0.15, 0.2) is 11.6 Å². The highest BCUT2D eigenvalue weighted by atomic mass is 32.1. The van der Waals surface area contributed by atoms with Gasteiger partial charge in [-0.2, -0.15) is 0 Å². The summed E-state index contributed by atoms with van der Waals surface area (Å²) in [6.45, 7) is 0. The van der Waals surface area contributed by atoms with Crippen molar-refractivity contribution >= 4 is 16.5 Å². The minimum absolute atomic E-state index is 0.737. The van der Waals surface area contributed by atoms with Crippen LogP contribution >= 0.6 is 11.3 Å². The molecule has 0 aliphatic heterocycles. The van der Waals surface area contributed by atoms with Crippen molar-refractivity contribution in [2.45, 2.75) is 25.3 Å². The Morgan fingerprint density at radius 1 is 1.50 bits per heavy atom. The van der Waals surface area contributed by atoms with Gasteiger partial charge in [0.1, 0.15) is 0 Å². The first kappa shape index (κ1) is 6.89. The second-order valence-electron chi connectivity index (χ2n) is 3.83. The summed E-state index contributed by atoms with van der Waals surface area (Å²) in [6, 6.07) is 0.737. The van der Waals surface area contributed by atoms with Gasteiger partial charge < -0.3 is 5.32 Å². The molecule has 0 spiro atoms. The van der Waals surface area contributed by atoms with Crippen LogP contribution in [-0.4, -0.2) is 11.0 Å². The monoisotopic (exact) mass is 180 g/mol. The Bertz CT molecular complexity index is 270. The van der Waals surface area contributed by atoms with Gasteiger partial charge in [-0.25, -0.2) is 4.98 Å². The van der Waals surface area contributed by atoms with Crippen molar-refractivity contribution < 1.29 is 0 Å². The normalized spacial score (nSPS) is 37.8. The molecule has 0 aromatic carbocycles. The lowest BCUT2D eigenvalue weighted by molar-refractivity contribution is 0.654. The summed E-state index contributed by atoms with van der Waals surface area (Å²) < 4.78 is 0. The molecular formula is C9H12N2S. The minimum Gasteiger partial charge on any atom is -0.359 e. The molecule has 3 rings (SSSR count). The first-order valence-electron chi connectivity index (χ1n) is 4.59. The van der Waals surface area contributed by atoms with Gasteiger partial charge in [0.25, 0.3) is 0 Å². The van der Waals surface area contributed by atoms with Crippen LogP contribution in [0.25, 0.3) is 0 Å². The van der Waals surface area contributed by atoms with E-state index < -0.39 is 0 Å². The SMILES string of the molecule is c1csc(NC2CC[C@H]3C[C@@H]23)n1. The Hall–Kier alpha value is -0.570. The Morgan fingerprint density at radius 2 is 2.50 bits per heavy atom. The summed E-state index contributed by atoms with van der Waals surface area (Å²) in [7, 11) is 0. The quantitative estimate of drug-likeness (QED) is 0.755. The largest absolute Gasteiger partial charge is 0.359 e. The molecule has 1 unspecified atom stereocenters. The molecule has 1 aromatic heterocycles. The van der Waals surface area contributed by atoms with Gasteiger partial charge in [0.15, 0.2) is 5.13 Å². The molecule has 2 saturated carbocycles. The molecule has 0 saturated heterocycles. The van der Waals surface area contributed by atoms with Crippen LogP contribution in [0.5, 0.6) is 0 Å². The van der Waals surface area contributed by atoms with Crippen molar-refractivity contribution in [2.75, 3.05) is 5.32 Å². The minimum atomic E-state index is 0.737. The number of aromatic nitrogens is 1. The maximum absolute atomic E-state index is 4.24. The van der Waals surface area contributed by atoms with Gasteiger partial charge in [0, 0.05) is 17.6 Å². The summed E-state index contributed by atoms with van der Waals surface area (Å²) in [5.74, 6) is 2.04. The van der Waals surface area contributed by atoms with Crippen LogP contribution in [0.3, 0.4) is 0 Å². The van der Waals surface area contributed by atoms with E-state index >= 15 is 0 Å². The van der Waals surface area contributed by atoms with E-state index in [1.54, 1.807) is 11.3 Å². The lowest BCUT2D eigenvalue weighted by atomic mass is 10.2. The smallest absolute Gasteiger partial charge is 0.182 e. The van der Waals surface area contributed by atoms with E-state index in [0.29, 0.717) is 0 Å². The zero-order valence-electron chi connectivity index (χ0n) is 6.86. The number of nitrogens with one attached hydrogen (secondary N) is 1. The van der Waals surface area contributed by atoms with Crippen molar-refractivity contribution in [3.05, 3.63) is 11.6 Å². The fourth-order valence-corrected chi connectivity index (χ4v) is 2.93. The number of fused-ring (bicyclic) bond motifs is 1. The fraction of sp³-hybridized carbons (Fsp3) is 0.667. The second kappa shape index (κ2) is 2.46. The molecule has 2 nitrogen and oxygen atoms in total. The fourth-order valence-electron chi connectivity index (χ4n) is 2.34. The van der Waals surface area contributed by atoms with Crippen molar-refractivity contribution in [1.29, 1.82) is 0 Å². The number of hydrogen-bond acceptors (Lipinski definition) is 3. The van der Waals surface area contributed by atoms with Gasteiger partial charge in [0.05, 0.1) is 0 Å². The molecule has 3 heteroatoms. The van der Waals surface area contributed by atoms with Crippen LogP contribution in [0, 0.1) is 11.8 Å². The van der Waals surface area contributed by atoms with E-state index in [1.807, 2.05) is 11.6 Å². The Morgan fingerprint density at radius 3 is 3.08 bits per heavy atom. The molecule has 0 radical (unpaired) electrons. The molecule has 2 aliphatic rings. The highest BCUT2D eigenvalue weighted by molar-refractivity contribution is 7.13. The Kier molecular flexibility index (Phi) is 1.41. The highest BCUT2D eigenvalue weighted by Gasteiger charge is 2.48. The summed E-state index contributed by atoms with van der Waals surface area (Å²) in [6.07, 6.45) is 6.12. The van der Waals surface area contributed by atoms with Gasteiger partial charge in [-0.1, -0.05) is 0 Å². The topological polar surface area (TPSA) is 24.9 Å². The highest BCUT2D eigenvalue weighted by Crippen LogP contribution is 2.52. The standard InChI is InChI=1S/C9H12N2S/c1-2-8(7-5-6(1)7)11-9-10-3-4-12-9/h3-4,6-8H,1-2,5H2,(H,10,11)/t6-,7+,8?/m0/s1. The van der Waals surface area contributed by atoms with E-state index in [0.717, 1.165) is 23.0 Å². The molecule has 1 aromatic rings. The number of hydrogen-bond donors (Lipinski definition) is 1. The molecule has 12 heavy (non-hydrogen) atoms. The molecule has 1 heterocycles. The second-order valence-corrected chi connectivity index (χ2v) is 4.72. The van der Waals surface area contributed by atoms with Gasteiger partial charge in [0.2, 0.25) is 0 Å². The average molecular weight is 180 g/mol. The van der Waals surface area contributed by atoms with Crippen LogP contribution in [0.1, 0.15) is 19.3 Å². The molecule has 1 N–H and O–H groups in total. The van der Waals surface area contributed by atoms with Crippen molar-refractivity contribution in [3.8, 4) is 0 Å². The maximum Gasteiger partial charge on any atom is 0.182 e. The van der Waals surface area contributed by atoms with Gasteiger partial charge >= 0.3 is 0 Å². The zero-order valence-corrected chi connectivity index (χ0v) is 7.68. The van der Waals surface area contributed by atoms with Crippen LogP contribution in [0.4, 0.5) is 5.13 Å².